The van der Waals surface area contributed by atoms with Crippen molar-refractivity contribution in [1.82, 2.24) is 0 Å². The highest BCUT2D eigenvalue weighted by molar-refractivity contribution is 4.39. The summed E-state index contributed by atoms with van der Waals surface area (Å²) < 4.78 is 0. The summed E-state index contributed by atoms with van der Waals surface area (Å²) in [4.78, 5) is 0. The third-order valence-electron chi connectivity index (χ3n) is 7.24. The van der Waals surface area contributed by atoms with Gasteiger partial charge in [-0.15, -0.1) is 0 Å². The molecule has 0 heterocycles. The molecule has 0 saturated heterocycles. The van der Waals surface area contributed by atoms with Crippen LogP contribution in [0.15, 0.2) is 0 Å². The Hall–Kier alpha value is 0. The van der Waals surface area contributed by atoms with Crippen LogP contribution in [0, 0.1) is 0 Å². The van der Waals surface area contributed by atoms with E-state index in [-0.39, 0.29) is 0 Å². The van der Waals surface area contributed by atoms with Gasteiger partial charge < -0.3 is 0 Å². The summed E-state index contributed by atoms with van der Waals surface area (Å²) in [5, 5.41) is 0. The Morgan fingerprint density at radius 1 is 0.119 bits per heavy atom. The average Bonchev–Trinajstić information content (AvgIpc) is 3.01. The Morgan fingerprint density at radius 2 is 0.190 bits per heavy atom. The maximum Gasteiger partial charge on any atom is -0.0533 e. The van der Waals surface area contributed by atoms with Crippen LogP contribution in [0.1, 0.15) is 276 Å². The predicted molar refractivity (Wildman–Crippen MR) is 207 cm³/mol. The van der Waals surface area contributed by atoms with Crippen LogP contribution in [0.3, 0.4) is 0 Å². The van der Waals surface area contributed by atoms with Gasteiger partial charge in [0.15, 0.2) is 0 Å². The van der Waals surface area contributed by atoms with Crippen molar-refractivity contribution < 1.29 is 0 Å². The maximum atomic E-state index is 2.25. The van der Waals surface area contributed by atoms with Gasteiger partial charge >= 0.3 is 0 Å². The smallest absolute Gasteiger partial charge is 0.0533 e. The van der Waals surface area contributed by atoms with Gasteiger partial charge in [0.25, 0.3) is 0 Å². The Labute approximate surface area is 275 Å². The van der Waals surface area contributed by atoms with E-state index in [1.54, 1.807) is 0 Å². The summed E-state index contributed by atoms with van der Waals surface area (Å²) in [6.45, 7) is 26.9. The minimum absolute atomic E-state index is 1.36. The SMILES string of the molecule is CCCCCCC.CCCCCCC.CCCCCCC.CCCCCCC.CCCCCCC.CCCCCCC. The van der Waals surface area contributed by atoms with Crippen molar-refractivity contribution in [3.8, 4) is 0 Å². The van der Waals surface area contributed by atoms with Crippen molar-refractivity contribution in [2.45, 2.75) is 276 Å². The lowest BCUT2D eigenvalue weighted by atomic mass is 10.2. The molecule has 0 spiro atoms. The van der Waals surface area contributed by atoms with Gasteiger partial charge in [0, 0.05) is 0 Å². The highest BCUT2D eigenvalue weighted by Crippen LogP contribution is 2.03. The van der Waals surface area contributed by atoms with E-state index < -0.39 is 0 Å². The minimum Gasteiger partial charge on any atom is -0.0654 e. The maximum absolute atomic E-state index is 2.25. The zero-order valence-electron chi connectivity index (χ0n) is 33.2. The summed E-state index contributed by atoms with van der Waals surface area (Å²) in [6.07, 6.45) is 42.1. The molecule has 0 heteroatoms. The van der Waals surface area contributed by atoms with Crippen LogP contribution in [0.2, 0.25) is 0 Å². The Bertz CT molecular complexity index is 193. The topological polar surface area (TPSA) is 0 Å². The molecular weight excluding hydrogens is 504 g/mol. The third-order valence-corrected chi connectivity index (χ3v) is 7.24. The Morgan fingerprint density at radius 3 is 0.238 bits per heavy atom. The van der Waals surface area contributed by atoms with Gasteiger partial charge in [0.1, 0.15) is 0 Å². The first-order valence-electron chi connectivity index (χ1n) is 20.5. The molecule has 0 unspecified atom stereocenters. The molecule has 0 fully saturated rings. The molecule has 0 atom stereocenters. The lowest BCUT2D eigenvalue weighted by Crippen LogP contribution is -1.70. The van der Waals surface area contributed by atoms with Crippen molar-refractivity contribution in [1.29, 1.82) is 0 Å². The second-order valence-electron chi connectivity index (χ2n) is 12.4. The molecule has 0 aromatic heterocycles. The number of rotatable bonds is 24. The lowest BCUT2D eigenvalue weighted by Gasteiger charge is -1.90. The normalized spacial score (nSPS) is 9.43. The van der Waals surface area contributed by atoms with Crippen molar-refractivity contribution >= 4 is 0 Å². The quantitative estimate of drug-likeness (QED) is 0.0966. The zero-order valence-corrected chi connectivity index (χ0v) is 33.2. The fourth-order valence-corrected chi connectivity index (χ4v) is 4.06. The van der Waals surface area contributed by atoms with E-state index >= 15 is 0 Å². The molecule has 0 aliphatic heterocycles. The highest BCUT2D eigenvalue weighted by atomic mass is 13.9. The van der Waals surface area contributed by atoms with Crippen LogP contribution in [-0.4, -0.2) is 0 Å². The number of hydrogen-bond donors (Lipinski definition) is 0. The van der Waals surface area contributed by atoms with Gasteiger partial charge in [0.05, 0.1) is 0 Å². The molecule has 0 aliphatic rings. The van der Waals surface area contributed by atoms with Crippen LogP contribution in [0.5, 0.6) is 0 Å². The molecule has 0 radical (unpaired) electrons. The molecule has 0 aromatic carbocycles. The summed E-state index contributed by atoms with van der Waals surface area (Å²) in [5.74, 6) is 0. The van der Waals surface area contributed by atoms with Gasteiger partial charge in [-0.3, -0.25) is 0 Å². The largest absolute Gasteiger partial charge is 0.0654 e. The van der Waals surface area contributed by atoms with E-state index in [2.05, 4.69) is 83.1 Å². The molecule has 0 nitrogen and oxygen atoms in total. The van der Waals surface area contributed by atoms with Gasteiger partial charge in [-0.2, -0.15) is 0 Å². The second kappa shape index (κ2) is 72.9. The molecule has 0 amide bonds. The van der Waals surface area contributed by atoms with E-state index in [0.29, 0.717) is 0 Å². The Balaban J connectivity index is -0.0000000926. The lowest BCUT2D eigenvalue weighted by molar-refractivity contribution is 0.656. The van der Waals surface area contributed by atoms with E-state index in [0.717, 1.165) is 0 Å². The fraction of sp³-hybridized carbons (Fsp3) is 1.00. The molecule has 0 bridgehead atoms. The zero-order chi connectivity index (χ0) is 33.2. The molecule has 0 saturated carbocycles. The van der Waals surface area contributed by atoms with E-state index in [1.807, 2.05) is 0 Å². The molecular formula is C42H96. The second-order valence-corrected chi connectivity index (χ2v) is 12.4. The molecule has 264 valence electrons. The molecule has 0 aromatic rings. The van der Waals surface area contributed by atoms with Crippen LogP contribution in [-0.2, 0) is 0 Å². The average molecular weight is 601 g/mol. The minimum atomic E-state index is 1.36. The molecule has 0 rings (SSSR count). The highest BCUT2D eigenvalue weighted by Gasteiger charge is 1.83. The third kappa shape index (κ3) is 106. The fourth-order valence-electron chi connectivity index (χ4n) is 4.06. The van der Waals surface area contributed by atoms with Crippen LogP contribution < -0.4 is 0 Å². The van der Waals surface area contributed by atoms with Gasteiger partial charge in [-0.05, 0) is 0 Å². The van der Waals surface area contributed by atoms with Crippen molar-refractivity contribution in [3.63, 3.8) is 0 Å². The van der Waals surface area contributed by atoms with E-state index in [4.69, 9.17) is 0 Å². The standard InChI is InChI=1S/6C7H16/c6*1-3-5-7-6-4-2/h6*3-7H2,1-2H3. The first-order valence-corrected chi connectivity index (χ1v) is 20.5. The van der Waals surface area contributed by atoms with Gasteiger partial charge in [-0.1, -0.05) is 276 Å². The molecule has 0 aliphatic carbocycles. The first-order chi connectivity index (χ1) is 20.5. The van der Waals surface area contributed by atoms with E-state index in [9.17, 15) is 0 Å². The van der Waals surface area contributed by atoms with Crippen molar-refractivity contribution in [2.24, 2.45) is 0 Å². The van der Waals surface area contributed by atoms with Crippen molar-refractivity contribution in [2.75, 3.05) is 0 Å². The summed E-state index contributed by atoms with van der Waals surface area (Å²) in [5.41, 5.74) is 0. The Kier molecular flexibility index (Phi) is 94.5. The number of hydrogen-bond acceptors (Lipinski definition) is 0. The number of unbranched alkanes of at least 4 members (excludes halogenated alkanes) is 24. The van der Waals surface area contributed by atoms with Crippen molar-refractivity contribution in [3.05, 3.63) is 0 Å². The van der Waals surface area contributed by atoms with E-state index in [1.165, 1.54) is 193 Å². The summed E-state index contributed by atoms with van der Waals surface area (Å²) >= 11 is 0. The molecule has 42 heavy (non-hydrogen) atoms. The molecule has 0 N–H and O–H groups in total. The predicted octanol–water partition coefficient (Wildman–Crippen LogP) is 17.9. The van der Waals surface area contributed by atoms with Crippen LogP contribution in [0.4, 0.5) is 0 Å². The van der Waals surface area contributed by atoms with Gasteiger partial charge in [0.2, 0.25) is 0 Å². The monoisotopic (exact) mass is 601 g/mol. The van der Waals surface area contributed by atoms with Crippen LogP contribution >= 0.6 is 0 Å². The van der Waals surface area contributed by atoms with Gasteiger partial charge in [-0.25, -0.2) is 0 Å². The first kappa shape index (κ1) is 54.5. The summed E-state index contributed by atoms with van der Waals surface area (Å²) in [6, 6.07) is 0. The summed E-state index contributed by atoms with van der Waals surface area (Å²) in [7, 11) is 0. The van der Waals surface area contributed by atoms with Crippen LogP contribution in [0.25, 0.3) is 0 Å².